The Morgan fingerprint density at radius 2 is 1.51 bits per heavy atom. The fourth-order valence-electron chi connectivity index (χ4n) is 3.82. The number of carbonyl (C=O) groups is 5. The van der Waals surface area contributed by atoms with E-state index in [0.29, 0.717) is 38.0 Å². The van der Waals surface area contributed by atoms with Gasteiger partial charge in [-0.05, 0) is 36.1 Å². The maximum Gasteiger partial charge on any atom is 0.405 e. The summed E-state index contributed by atoms with van der Waals surface area (Å²) in [4.78, 5) is 60.1. The molecule has 0 bridgehead atoms. The Bertz CT molecular complexity index is 1130. The summed E-state index contributed by atoms with van der Waals surface area (Å²) in [7, 11) is 0. The summed E-state index contributed by atoms with van der Waals surface area (Å²) in [6, 6.07) is 15.1. The van der Waals surface area contributed by atoms with Crippen LogP contribution in [0.2, 0.25) is 0 Å². The highest BCUT2D eigenvalue weighted by molar-refractivity contribution is 6.12. The van der Waals surface area contributed by atoms with Crippen molar-refractivity contribution in [2.45, 2.75) is 44.7 Å². The number of nitrogens with zero attached hydrogens (tertiary/aromatic N) is 1. The van der Waals surface area contributed by atoms with Gasteiger partial charge in [-0.3, -0.25) is 24.1 Å². The van der Waals surface area contributed by atoms with Crippen LogP contribution in [-0.2, 0) is 32.1 Å². The van der Waals surface area contributed by atoms with Crippen LogP contribution in [-0.4, -0.2) is 52.3 Å². The zero-order chi connectivity index (χ0) is 26.6. The molecule has 1 aliphatic heterocycles. The van der Waals surface area contributed by atoms with Crippen molar-refractivity contribution in [2.75, 3.05) is 11.9 Å². The first-order valence-corrected chi connectivity index (χ1v) is 12.1. The Morgan fingerprint density at radius 3 is 2.16 bits per heavy atom. The second-order valence-corrected chi connectivity index (χ2v) is 8.63. The first kappa shape index (κ1) is 27.1. The molecule has 1 unspecified atom stereocenters. The van der Waals surface area contributed by atoms with Crippen LogP contribution in [0.15, 0.2) is 66.7 Å². The van der Waals surface area contributed by atoms with Crippen LogP contribution < -0.4 is 16.0 Å². The lowest BCUT2D eigenvalue weighted by molar-refractivity contribution is -0.137. The molecule has 194 valence electrons. The maximum absolute atomic E-state index is 12.7. The highest BCUT2D eigenvalue weighted by atomic mass is 16.4. The topological polar surface area (TPSA) is 145 Å². The van der Waals surface area contributed by atoms with Crippen molar-refractivity contribution in [3.63, 3.8) is 0 Å². The van der Waals surface area contributed by atoms with Gasteiger partial charge in [-0.2, -0.15) is 0 Å². The number of imide groups is 1. The highest BCUT2D eigenvalue weighted by Gasteiger charge is 2.22. The Balaban J connectivity index is 1.38. The first-order valence-electron chi connectivity index (χ1n) is 12.1. The molecule has 2 aromatic rings. The predicted molar refractivity (Wildman–Crippen MR) is 136 cm³/mol. The maximum atomic E-state index is 12.7. The molecule has 0 fully saturated rings. The van der Waals surface area contributed by atoms with Crippen LogP contribution >= 0.6 is 0 Å². The Hall–Kier alpha value is -4.47. The third-order valence-corrected chi connectivity index (χ3v) is 5.79. The third-order valence-electron chi connectivity index (χ3n) is 5.79. The minimum absolute atomic E-state index is 0.101. The normalized spacial score (nSPS) is 13.4. The van der Waals surface area contributed by atoms with Gasteiger partial charge in [0.05, 0.1) is 0 Å². The van der Waals surface area contributed by atoms with Crippen molar-refractivity contribution in [3.05, 3.63) is 77.9 Å². The number of hydrogen-bond acceptors (Lipinski definition) is 5. The summed E-state index contributed by atoms with van der Waals surface area (Å²) in [5.74, 6) is -1.16. The zero-order valence-electron chi connectivity index (χ0n) is 20.3. The third kappa shape index (κ3) is 8.92. The molecule has 37 heavy (non-hydrogen) atoms. The summed E-state index contributed by atoms with van der Waals surface area (Å²) in [5, 5.41) is 16.9. The lowest BCUT2D eigenvalue weighted by Crippen LogP contribution is -2.44. The van der Waals surface area contributed by atoms with Gasteiger partial charge in [0, 0.05) is 43.8 Å². The summed E-state index contributed by atoms with van der Waals surface area (Å²) < 4.78 is 0. The van der Waals surface area contributed by atoms with E-state index >= 15 is 0 Å². The van der Waals surface area contributed by atoms with Gasteiger partial charge < -0.3 is 21.1 Å². The van der Waals surface area contributed by atoms with Crippen molar-refractivity contribution in [1.82, 2.24) is 15.5 Å². The number of hydrogen-bond donors (Lipinski definition) is 4. The van der Waals surface area contributed by atoms with Gasteiger partial charge in [0.25, 0.3) is 11.8 Å². The molecule has 0 radical (unpaired) electrons. The van der Waals surface area contributed by atoms with Gasteiger partial charge >= 0.3 is 6.09 Å². The largest absolute Gasteiger partial charge is 0.465 e. The van der Waals surface area contributed by atoms with Gasteiger partial charge in [-0.1, -0.05) is 48.9 Å². The van der Waals surface area contributed by atoms with Crippen LogP contribution in [0.4, 0.5) is 10.5 Å². The van der Waals surface area contributed by atoms with E-state index in [0.717, 1.165) is 17.5 Å². The molecule has 3 rings (SSSR count). The molecule has 10 nitrogen and oxygen atoms in total. The Morgan fingerprint density at radius 1 is 0.838 bits per heavy atom. The van der Waals surface area contributed by atoms with Crippen LogP contribution in [0, 0.1) is 0 Å². The number of carbonyl (C=O) groups excluding carboxylic acids is 4. The average Bonchev–Trinajstić information content (AvgIpc) is 3.20. The molecule has 0 saturated carbocycles. The van der Waals surface area contributed by atoms with Crippen LogP contribution in [0.3, 0.4) is 0 Å². The lowest BCUT2D eigenvalue weighted by Gasteiger charge is -2.17. The summed E-state index contributed by atoms with van der Waals surface area (Å²) in [5.41, 5.74) is 2.18. The summed E-state index contributed by atoms with van der Waals surface area (Å²) in [6.07, 6.45) is 3.81. The fraction of sp³-hybridized carbons (Fsp3) is 0.296. The van der Waals surface area contributed by atoms with Gasteiger partial charge in [0.15, 0.2) is 0 Å². The quantitative estimate of drug-likeness (QED) is 0.243. The fourth-order valence-corrected chi connectivity index (χ4v) is 3.82. The number of amides is 5. The minimum Gasteiger partial charge on any atom is -0.465 e. The lowest BCUT2D eigenvalue weighted by atomic mass is 10.1. The van der Waals surface area contributed by atoms with Crippen molar-refractivity contribution < 1.29 is 29.1 Å². The molecule has 2 aromatic carbocycles. The zero-order valence-corrected chi connectivity index (χ0v) is 20.3. The molecule has 4 N–H and O–H groups in total. The molecule has 0 aliphatic carbocycles. The van der Waals surface area contributed by atoms with Crippen LogP contribution in [0.1, 0.15) is 36.8 Å². The molecule has 0 aromatic heterocycles. The number of carboxylic acid groups (broad SMARTS) is 1. The van der Waals surface area contributed by atoms with Crippen LogP contribution in [0.25, 0.3) is 0 Å². The summed E-state index contributed by atoms with van der Waals surface area (Å²) in [6.45, 7) is 0.682. The number of rotatable bonds is 13. The second kappa shape index (κ2) is 13.6. The predicted octanol–water partition coefficient (Wildman–Crippen LogP) is 2.61. The number of nitrogens with one attached hydrogen (secondary N) is 3. The van der Waals surface area contributed by atoms with Gasteiger partial charge in [-0.15, -0.1) is 0 Å². The Labute approximate surface area is 214 Å². The highest BCUT2D eigenvalue weighted by Crippen LogP contribution is 2.12. The van der Waals surface area contributed by atoms with E-state index in [1.807, 2.05) is 30.3 Å². The van der Waals surface area contributed by atoms with E-state index in [2.05, 4.69) is 16.0 Å². The van der Waals surface area contributed by atoms with E-state index in [1.165, 1.54) is 17.1 Å². The molecular formula is C27H30N4O6. The van der Waals surface area contributed by atoms with Crippen molar-refractivity contribution in [2.24, 2.45) is 0 Å². The van der Waals surface area contributed by atoms with Crippen LogP contribution in [0.5, 0.6) is 0 Å². The SMILES string of the molecule is O=C(O)NC(Cc1ccccc1)C(=O)Nc1ccc(CNC(=O)CCCCCN2C(=O)C=CC2=O)cc1. The Kier molecular flexibility index (Phi) is 9.95. The average molecular weight is 507 g/mol. The molecule has 0 saturated heterocycles. The minimum atomic E-state index is -1.28. The van der Waals surface area contributed by atoms with E-state index in [9.17, 15) is 24.0 Å². The monoisotopic (exact) mass is 506 g/mol. The molecule has 10 heteroatoms. The molecule has 1 atom stereocenters. The van der Waals surface area contributed by atoms with Crippen molar-refractivity contribution in [3.8, 4) is 0 Å². The molecule has 5 amide bonds. The van der Waals surface area contributed by atoms with E-state index < -0.39 is 18.0 Å². The smallest absolute Gasteiger partial charge is 0.405 e. The van der Waals surface area contributed by atoms with E-state index in [4.69, 9.17) is 5.11 Å². The van der Waals surface area contributed by atoms with E-state index in [1.54, 1.807) is 24.3 Å². The molecule has 0 spiro atoms. The second-order valence-electron chi connectivity index (χ2n) is 8.63. The summed E-state index contributed by atoms with van der Waals surface area (Å²) >= 11 is 0. The molecule has 1 aliphatic rings. The van der Waals surface area contributed by atoms with Crippen molar-refractivity contribution >= 4 is 35.4 Å². The van der Waals surface area contributed by atoms with Gasteiger partial charge in [0.2, 0.25) is 11.8 Å². The standard InChI is InChI=1S/C27H30N4O6/c32-23(9-5-2-6-16-31-24(33)14-15-25(31)34)28-18-20-10-12-21(13-11-20)29-26(35)22(30-27(36)37)17-19-7-3-1-4-8-19/h1,3-4,7-8,10-15,22,30H,2,5-6,9,16-18H2,(H,28,32)(H,29,35)(H,36,37). The first-order chi connectivity index (χ1) is 17.8. The number of anilines is 1. The van der Waals surface area contributed by atoms with E-state index in [-0.39, 0.29) is 24.1 Å². The molecule has 1 heterocycles. The number of benzene rings is 2. The van der Waals surface area contributed by atoms with Crippen molar-refractivity contribution in [1.29, 1.82) is 0 Å². The van der Waals surface area contributed by atoms with Gasteiger partial charge in [0.1, 0.15) is 6.04 Å². The van der Waals surface area contributed by atoms with Gasteiger partial charge in [-0.25, -0.2) is 4.79 Å². The number of unbranched alkanes of at least 4 members (excludes halogenated alkanes) is 2. The molecular weight excluding hydrogens is 476 g/mol.